The van der Waals surface area contributed by atoms with E-state index in [4.69, 9.17) is 15.2 Å². The number of hydrogen-bond donors (Lipinski definition) is 1. The Labute approximate surface area is 92.9 Å². The third-order valence-electron chi connectivity index (χ3n) is 2.57. The Balaban J connectivity index is 2.34. The van der Waals surface area contributed by atoms with E-state index in [9.17, 15) is 4.79 Å². The molecule has 2 N–H and O–H groups in total. The van der Waals surface area contributed by atoms with E-state index < -0.39 is 11.5 Å². The highest BCUT2D eigenvalue weighted by molar-refractivity contribution is 6.01. The van der Waals surface area contributed by atoms with Gasteiger partial charge in [0.25, 0.3) is 11.9 Å². The van der Waals surface area contributed by atoms with Crippen molar-refractivity contribution in [1.29, 1.82) is 0 Å². The Bertz CT molecular complexity index is 453. The number of ether oxygens (including phenoxy) is 2. The molecule has 0 bridgehead atoms. The minimum absolute atomic E-state index is 0.0941. The summed E-state index contributed by atoms with van der Waals surface area (Å²) in [5.41, 5.74) is 4.96. The monoisotopic (exact) mass is 220 g/mol. The summed E-state index contributed by atoms with van der Waals surface area (Å²) in [5, 5.41) is 0. The van der Waals surface area contributed by atoms with E-state index in [1.165, 1.54) is 0 Å². The number of methoxy groups -OCH3 is 1. The average molecular weight is 220 g/mol. The fourth-order valence-corrected chi connectivity index (χ4v) is 1.57. The van der Waals surface area contributed by atoms with Crippen LogP contribution in [0.3, 0.4) is 0 Å². The van der Waals surface area contributed by atoms with Crippen LogP contribution in [-0.2, 0) is 15.1 Å². The molecule has 0 aliphatic carbocycles. The van der Waals surface area contributed by atoms with E-state index in [0.29, 0.717) is 11.3 Å². The van der Waals surface area contributed by atoms with E-state index in [0.717, 1.165) is 0 Å². The highest BCUT2D eigenvalue weighted by Gasteiger charge is 2.43. The van der Waals surface area contributed by atoms with Gasteiger partial charge in [-0.2, -0.15) is 4.99 Å². The summed E-state index contributed by atoms with van der Waals surface area (Å²) in [6, 6.07) is 6.93. The molecule has 0 radical (unpaired) electrons. The fourth-order valence-electron chi connectivity index (χ4n) is 1.57. The normalized spacial score (nSPS) is 23.9. The van der Waals surface area contributed by atoms with Gasteiger partial charge in [-0.15, -0.1) is 0 Å². The number of hydrogen-bond acceptors (Lipinski definition) is 4. The number of nitrogens with two attached hydrogens (primary N) is 1. The summed E-state index contributed by atoms with van der Waals surface area (Å²) in [4.78, 5) is 15.2. The second-order valence-electron chi connectivity index (χ2n) is 3.62. The Morgan fingerprint density at radius 3 is 2.44 bits per heavy atom. The maximum absolute atomic E-state index is 11.6. The summed E-state index contributed by atoms with van der Waals surface area (Å²) in [6.45, 7) is 1.64. The lowest BCUT2D eigenvalue weighted by atomic mass is 9.95. The van der Waals surface area contributed by atoms with Gasteiger partial charge >= 0.3 is 0 Å². The zero-order valence-corrected chi connectivity index (χ0v) is 9.06. The first-order chi connectivity index (χ1) is 7.56. The molecule has 0 fully saturated rings. The van der Waals surface area contributed by atoms with Gasteiger partial charge in [-0.3, -0.25) is 4.79 Å². The Morgan fingerprint density at radius 2 is 2.00 bits per heavy atom. The van der Waals surface area contributed by atoms with Crippen molar-refractivity contribution in [3.05, 3.63) is 29.8 Å². The van der Waals surface area contributed by atoms with Gasteiger partial charge < -0.3 is 15.2 Å². The first-order valence-corrected chi connectivity index (χ1v) is 4.78. The lowest BCUT2D eigenvalue weighted by Gasteiger charge is -2.21. The maximum Gasteiger partial charge on any atom is 0.298 e. The molecule has 0 saturated carbocycles. The fraction of sp³-hybridized carbons (Fsp3) is 0.273. The van der Waals surface area contributed by atoms with Gasteiger partial charge in [0.05, 0.1) is 7.11 Å². The van der Waals surface area contributed by atoms with Crippen LogP contribution in [0.25, 0.3) is 0 Å². The standard InChI is InChI=1S/C11H12N2O3/c1-11(9(14)13-10(12)16-11)7-3-5-8(15-2)6-4-7/h3-6H,1-2H3,(H2,12,13,14). The predicted molar refractivity (Wildman–Crippen MR) is 58.1 cm³/mol. The number of rotatable bonds is 2. The molecule has 1 aromatic carbocycles. The molecule has 1 amide bonds. The van der Waals surface area contributed by atoms with Crippen LogP contribution in [0, 0.1) is 0 Å². The quantitative estimate of drug-likeness (QED) is 0.799. The average Bonchev–Trinajstić information content (AvgIpc) is 2.54. The second kappa shape index (κ2) is 3.52. The van der Waals surface area contributed by atoms with Crippen LogP contribution < -0.4 is 10.5 Å². The highest BCUT2D eigenvalue weighted by Crippen LogP contribution is 2.31. The van der Waals surface area contributed by atoms with Crippen LogP contribution in [0.15, 0.2) is 29.3 Å². The molecule has 2 rings (SSSR count). The number of benzene rings is 1. The van der Waals surface area contributed by atoms with Crippen molar-refractivity contribution >= 4 is 11.9 Å². The van der Waals surface area contributed by atoms with Gasteiger partial charge in [-0.1, -0.05) is 12.1 Å². The molecular weight excluding hydrogens is 208 g/mol. The van der Waals surface area contributed by atoms with E-state index >= 15 is 0 Å². The third kappa shape index (κ3) is 1.50. The molecule has 1 aliphatic rings. The van der Waals surface area contributed by atoms with Crippen LogP contribution >= 0.6 is 0 Å². The third-order valence-corrected chi connectivity index (χ3v) is 2.57. The molecule has 0 aromatic heterocycles. The largest absolute Gasteiger partial charge is 0.497 e. The minimum Gasteiger partial charge on any atom is -0.497 e. The van der Waals surface area contributed by atoms with Gasteiger partial charge in [0.15, 0.2) is 0 Å². The topological polar surface area (TPSA) is 73.9 Å². The molecule has 1 aromatic rings. The summed E-state index contributed by atoms with van der Waals surface area (Å²) in [6.07, 6.45) is 0. The van der Waals surface area contributed by atoms with E-state index in [2.05, 4.69) is 4.99 Å². The van der Waals surface area contributed by atoms with Gasteiger partial charge in [-0.05, 0) is 19.1 Å². The molecule has 1 unspecified atom stereocenters. The van der Waals surface area contributed by atoms with Crippen LogP contribution in [0.5, 0.6) is 5.75 Å². The maximum atomic E-state index is 11.6. The van der Waals surface area contributed by atoms with Gasteiger partial charge in [0.2, 0.25) is 5.60 Å². The van der Waals surface area contributed by atoms with Crippen molar-refractivity contribution in [3.8, 4) is 5.75 Å². The van der Waals surface area contributed by atoms with Crippen LogP contribution in [0.2, 0.25) is 0 Å². The van der Waals surface area contributed by atoms with Crippen molar-refractivity contribution in [2.75, 3.05) is 7.11 Å². The molecule has 5 nitrogen and oxygen atoms in total. The number of nitrogens with zero attached hydrogens (tertiary/aromatic N) is 1. The highest BCUT2D eigenvalue weighted by atomic mass is 16.5. The minimum atomic E-state index is -1.11. The molecule has 1 aliphatic heterocycles. The van der Waals surface area contributed by atoms with Crippen molar-refractivity contribution < 1.29 is 14.3 Å². The molecular formula is C11H12N2O3. The molecule has 1 heterocycles. The van der Waals surface area contributed by atoms with Gasteiger partial charge in [0.1, 0.15) is 5.75 Å². The van der Waals surface area contributed by atoms with Gasteiger partial charge in [-0.25, -0.2) is 0 Å². The summed E-state index contributed by atoms with van der Waals surface area (Å²) >= 11 is 0. The van der Waals surface area contributed by atoms with E-state index in [-0.39, 0.29) is 6.02 Å². The van der Waals surface area contributed by atoms with Crippen molar-refractivity contribution in [2.45, 2.75) is 12.5 Å². The van der Waals surface area contributed by atoms with Crippen molar-refractivity contribution in [1.82, 2.24) is 0 Å². The number of carbonyl (C=O) groups is 1. The summed E-state index contributed by atoms with van der Waals surface area (Å²) in [5.74, 6) is 0.321. The molecule has 5 heteroatoms. The zero-order chi connectivity index (χ0) is 11.8. The van der Waals surface area contributed by atoms with Crippen LogP contribution in [0.4, 0.5) is 0 Å². The molecule has 0 spiro atoms. The number of amides is 1. The SMILES string of the molecule is COc1ccc(C2(C)OC(N)=NC2=O)cc1. The lowest BCUT2D eigenvalue weighted by molar-refractivity contribution is -0.130. The van der Waals surface area contributed by atoms with Crippen molar-refractivity contribution in [2.24, 2.45) is 10.7 Å². The van der Waals surface area contributed by atoms with Gasteiger partial charge in [0, 0.05) is 5.56 Å². The first-order valence-electron chi connectivity index (χ1n) is 4.78. The van der Waals surface area contributed by atoms with Crippen LogP contribution in [0.1, 0.15) is 12.5 Å². The first kappa shape index (κ1) is 10.5. The summed E-state index contributed by atoms with van der Waals surface area (Å²) < 4.78 is 10.3. The van der Waals surface area contributed by atoms with Crippen molar-refractivity contribution in [3.63, 3.8) is 0 Å². The molecule has 84 valence electrons. The smallest absolute Gasteiger partial charge is 0.298 e. The van der Waals surface area contributed by atoms with E-state index in [1.807, 2.05) is 0 Å². The van der Waals surface area contributed by atoms with E-state index in [1.54, 1.807) is 38.3 Å². The van der Waals surface area contributed by atoms with Crippen LogP contribution in [-0.4, -0.2) is 19.0 Å². The second-order valence-corrected chi connectivity index (χ2v) is 3.62. The number of aliphatic imine (C=N–C) groups is 1. The Morgan fingerprint density at radius 1 is 1.38 bits per heavy atom. The Kier molecular flexibility index (Phi) is 2.30. The number of carbonyl (C=O) groups excluding carboxylic acids is 1. The lowest BCUT2D eigenvalue weighted by Crippen LogP contribution is -2.31. The Hall–Kier alpha value is -2.04. The zero-order valence-electron chi connectivity index (χ0n) is 9.06. The molecule has 1 atom stereocenters. The number of amidine groups is 1. The predicted octanol–water partition coefficient (Wildman–Crippen LogP) is 0.782. The molecule has 0 saturated heterocycles. The summed E-state index contributed by atoms with van der Waals surface area (Å²) in [7, 11) is 1.58. The molecule has 16 heavy (non-hydrogen) atoms.